The first-order valence-corrected chi connectivity index (χ1v) is 5.32. The molecule has 2 aromatic rings. The predicted octanol–water partition coefficient (Wildman–Crippen LogP) is 2.43. The van der Waals surface area contributed by atoms with E-state index in [9.17, 15) is 14.4 Å². The highest BCUT2D eigenvalue weighted by Crippen LogP contribution is 2.22. The van der Waals surface area contributed by atoms with Crippen LogP contribution in [0.2, 0.25) is 0 Å². The molecule has 0 aliphatic rings. The van der Waals surface area contributed by atoms with Gasteiger partial charge in [0.25, 0.3) is 5.24 Å². The topological polar surface area (TPSA) is 56.1 Å². The van der Waals surface area contributed by atoms with Gasteiger partial charge in [-0.05, 0) is 29.3 Å². The van der Waals surface area contributed by atoms with Crippen molar-refractivity contribution < 1.29 is 14.4 Å². The summed E-state index contributed by atoms with van der Waals surface area (Å²) in [5.74, 6) is -0.924. The van der Waals surface area contributed by atoms with Crippen molar-refractivity contribution in [2.75, 3.05) is 0 Å². The summed E-state index contributed by atoms with van der Waals surface area (Å²) in [5.41, 5.74) is 0.573. The van der Waals surface area contributed by atoms with Crippen molar-refractivity contribution >= 4 is 50.5 Å². The molecule has 0 unspecified atom stereocenters. The van der Waals surface area contributed by atoms with E-state index < -0.39 is 16.4 Å². The highest BCUT2D eigenvalue weighted by Gasteiger charge is 2.20. The molecule has 0 spiro atoms. The van der Waals surface area contributed by atoms with E-state index >= 15 is 0 Å². The summed E-state index contributed by atoms with van der Waals surface area (Å²) < 4.78 is 1.01. The third kappa shape index (κ3) is 1.97. The maximum atomic E-state index is 11.5. The van der Waals surface area contributed by atoms with Gasteiger partial charge in [0.05, 0.1) is 11.1 Å². The number of halogens is 2. The van der Waals surface area contributed by atoms with E-state index in [1.54, 1.807) is 24.3 Å². The van der Waals surface area contributed by atoms with Crippen LogP contribution < -0.4 is 0 Å². The third-order valence-corrected chi connectivity index (χ3v) is 2.68. The number of hydrogen-bond donors (Lipinski definition) is 0. The molecule has 0 fully saturated rings. The summed E-state index contributed by atoms with van der Waals surface area (Å²) in [7, 11) is 0. The molecule has 1 heterocycles. The van der Waals surface area contributed by atoms with Crippen molar-refractivity contribution in [2.45, 2.75) is 0 Å². The lowest BCUT2D eigenvalue weighted by Gasteiger charge is -1.98. The molecule has 17 heavy (non-hydrogen) atoms. The molecule has 2 rings (SSSR count). The van der Waals surface area contributed by atoms with Gasteiger partial charge >= 0.3 is 11.1 Å². The molecule has 1 aromatic carbocycles. The Morgan fingerprint density at radius 3 is 2.29 bits per heavy atom. The minimum absolute atomic E-state index is 0.161. The molecule has 6 heteroatoms. The number of hydrogen-bond acceptors (Lipinski definition) is 3. The highest BCUT2D eigenvalue weighted by molar-refractivity contribution is 6.81. The molecule has 0 saturated heterocycles. The van der Waals surface area contributed by atoms with Crippen LogP contribution in [0.1, 0.15) is 15.2 Å². The van der Waals surface area contributed by atoms with Crippen molar-refractivity contribution in [2.24, 2.45) is 0 Å². The summed E-state index contributed by atoms with van der Waals surface area (Å²) in [6.07, 6.45) is 1.21. The van der Waals surface area contributed by atoms with Crippen LogP contribution in [0, 0.1) is 0 Å². The molecule has 0 bridgehead atoms. The molecule has 0 aliphatic carbocycles. The zero-order valence-corrected chi connectivity index (χ0v) is 9.83. The monoisotopic (exact) mass is 269 g/mol. The van der Waals surface area contributed by atoms with Crippen LogP contribution in [-0.4, -0.2) is 21.0 Å². The van der Waals surface area contributed by atoms with Crippen LogP contribution in [0.4, 0.5) is 0 Å². The van der Waals surface area contributed by atoms with Gasteiger partial charge in [-0.25, -0.2) is 0 Å². The highest BCUT2D eigenvalue weighted by atomic mass is 35.5. The maximum absolute atomic E-state index is 11.5. The molecule has 0 amide bonds. The van der Waals surface area contributed by atoms with E-state index in [1.165, 1.54) is 6.20 Å². The SMILES string of the molecule is O=C(Cl)C(=O)n1cc(C(=O)Cl)c2ccccc21. The van der Waals surface area contributed by atoms with Crippen LogP contribution in [0.15, 0.2) is 30.5 Å². The number of aromatic nitrogens is 1. The van der Waals surface area contributed by atoms with Crippen LogP contribution >= 0.6 is 23.2 Å². The van der Waals surface area contributed by atoms with Crippen LogP contribution in [0.5, 0.6) is 0 Å². The summed E-state index contributed by atoms with van der Waals surface area (Å²) in [6, 6.07) is 6.60. The third-order valence-electron chi connectivity index (χ3n) is 2.31. The second-order valence-corrected chi connectivity index (χ2v) is 3.97. The van der Waals surface area contributed by atoms with Crippen molar-refractivity contribution in [3.8, 4) is 0 Å². The molecular formula is C11H5Cl2NO3. The molecule has 0 atom stereocenters. The summed E-state index contributed by atoms with van der Waals surface area (Å²) in [4.78, 5) is 33.6. The summed E-state index contributed by atoms with van der Waals surface area (Å²) in [5, 5.41) is -1.33. The van der Waals surface area contributed by atoms with E-state index in [1.807, 2.05) is 0 Å². The minimum Gasteiger partial charge on any atom is -0.279 e. The molecule has 86 valence electrons. The van der Waals surface area contributed by atoms with Crippen LogP contribution in [0.3, 0.4) is 0 Å². The van der Waals surface area contributed by atoms with Gasteiger partial charge in [0.1, 0.15) is 0 Å². The second kappa shape index (κ2) is 4.31. The number of fused-ring (bicyclic) bond motifs is 1. The molecule has 0 N–H and O–H groups in total. The van der Waals surface area contributed by atoms with E-state index in [0.717, 1.165) is 4.57 Å². The second-order valence-electron chi connectivity index (χ2n) is 3.28. The smallest absolute Gasteiger partial charge is 0.279 e. The Morgan fingerprint density at radius 2 is 1.71 bits per heavy atom. The molecule has 0 saturated carbocycles. The van der Waals surface area contributed by atoms with Crippen molar-refractivity contribution in [3.63, 3.8) is 0 Å². The Balaban J connectivity index is 2.77. The van der Waals surface area contributed by atoms with Gasteiger partial charge in [0, 0.05) is 11.6 Å². The lowest BCUT2D eigenvalue weighted by atomic mass is 10.2. The number of para-hydroxylation sites is 1. The molecular weight excluding hydrogens is 265 g/mol. The zero-order valence-electron chi connectivity index (χ0n) is 8.31. The molecule has 0 aliphatic heterocycles. The van der Waals surface area contributed by atoms with Gasteiger partial charge in [-0.1, -0.05) is 18.2 Å². The average Bonchev–Trinajstić information content (AvgIpc) is 2.67. The quantitative estimate of drug-likeness (QED) is 0.622. The maximum Gasteiger partial charge on any atom is 0.315 e. The first-order chi connectivity index (χ1) is 8.02. The largest absolute Gasteiger partial charge is 0.315 e. The fourth-order valence-corrected chi connectivity index (χ4v) is 1.84. The molecule has 0 radical (unpaired) electrons. The Hall–Kier alpha value is -1.65. The summed E-state index contributed by atoms with van der Waals surface area (Å²) >= 11 is 10.5. The Bertz CT molecular complexity index is 645. The van der Waals surface area contributed by atoms with Gasteiger partial charge < -0.3 is 0 Å². The number of carbonyl (C=O) groups excluding carboxylic acids is 3. The van der Waals surface area contributed by atoms with Gasteiger partial charge in [0.2, 0.25) is 0 Å². The summed E-state index contributed by atoms with van der Waals surface area (Å²) in [6.45, 7) is 0. The van der Waals surface area contributed by atoms with E-state index in [-0.39, 0.29) is 5.56 Å². The van der Waals surface area contributed by atoms with Gasteiger partial charge in [-0.2, -0.15) is 0 Å². The normalized spacial score (nSPS) is 10.5. The number of benzene rings is 1. The van der Waals surface area contributed by atoms with Crippen molar-refractivity contribution in [1.29, 1.82) is 0 Å². The first kappa shape index (κ1) is 11.8. The van der Waals surface area contributed by atoms with Gasteiger partial charge in [0.15, 0.2) is 0 Å². The number of carbonyl (C=O) groups is 3. The molecule has 4 nitrogen and oxygen atoms in total. The van der Waals surface area contributed by atoms with E-state index in [2.05, 4.69) is 0 Å². The Kier molecular flexibility index (Phi) is 3.00. The fraction of sp³-hybridized carbons (Fsp3) is 0. The standard InChI is InChI=1S/C11H5Cl2NO3/c12-9(15)7-5-14(11(17)10(13)16)8-4-2-1-3-6(7)8/h1-5H. The van der Waals surface area contributed by atoms with Crippen molar-refractivity contribution in [3.05, 3.63) is 36.0 Å². The number of rotatable bonds is 2. The first-order valence-electron chi connectivity index (χ1n) is 4.56. The van der Waals surface area contributed by atoms with Crippen LogP contribution in [-0.2, 0) is 4.79 Å². The van der Waals surface area contributed by atoms with E-state index in [0.29, 0.717) is 10.9 Å². The average molecular weight is 270 g/mol. The molecule has 1 aromatic heterocycles. The Labute approximate surface area is 106 Å². The van der Waals surface area contributed by atoms with Gasteiger partial charge in [-0.15, -0.1) is 0 Å². The van der Waals surface area contributed by atoms with E-state index in [4.69, 9.17) is 23.2 Å². The van der Waals surface area contributed by atoms with Crippen molar-refractivity contribution in [1.82, 2.24) is 4.57 Å². The number of nitrogens with zero attached hydrogens (tertiary/aromatic N) is 1. The lowest BCUT2D eigenvalue weighted by Crippen LogP contribution is -2.15. The fourth-order valence-electron chi connectivity index (χ4n) is 1.60. The predicted molar refractivity (Wildman–Crippen MR) is 63.6 cm³/mol. The van der Waals surface area contributed by atoms with Gasteiger partial charge in [-0.3, -0.25) is 19.0 Å². The minimum atomic E-state index is -1.13. The zero-order chi connectivity index (χ0) is 12.6. The van der Waals surface area contributed by atoms with Crippen LogP contribution in [0.25, 0.3) is 10.9 Å². The lowest BCUT2D eigenvalue weighted by molar-refractivity contribution is -0.108. The Morgan fingerprint density at radius 1 is 1.06 bits per heavy atom.